The molecule has 0 bridgehead atoms. The molecule has 2 aromatic carbocycles. The van der Waals surface area contributed by atoms with Gasteiger partial charge in [-0.25, -0.2) is 0 Å². The Morgan fingerprint density at radius 2 is 1.69 bits per heavy atom. The molecule has 1 aromatic heterocycles. The first-order valence-corrected chi connectivity index (χ1v) is 10.1. The summed E-state index contributed by atoms with van der Waals surface area (Å²) in [7, 11) is 0. The van der Waals surface area contributed by atoms with Gasteiger partial charge in [0, 0.05) is 11.1 Å². The average molecular weight is 368 g/mol. The van der Waals surface area contributed by atoms with Crippen molar-refractivity contribution in [3.8, 4) is 0 Å². The summed E-state index contributed by atoms with van der Waals surface area (Å²) in [6.45, 7) is 6.06. The Kier molecular flexibility index (Phi) is 5.29. The third-order valence-electron chi connectivity index (χ3n) is 5.14. The molecule has 0 unspecified atom stereocenters. The van der Waals surface area contributed by atoms with Crippen LogP contribution in [0, 0.1) is 0 Å². The summed E-state index contributed by atoms with van der Waals surface area (Å²) in [4.78, 5) is 17.0. The highest BCUT2D eigenvalue weighted by molar-refractivity contribution is 7.09. The SMILES string of the molecule is O=C(C[NH+]1CC[NH+](Cc2cccs2)CC1)Nc1cccc2ccccc12. The van der Waals surface area contributed by atoms with Crippen molar-refractivity contribution in [2.24, 2.45) is 0 Å². The third-order valence-corrected chi connectivity index (χ3v) is 6.02. The molecule has 1 saturated heterocycles. The molecule has 5 heteroatoms. The number of carbonyl (C=O) groups excluding carboxylic acids is 1. The second-order valence-electron chi connectivity index (χ2n) is 7.01. The Hall–Kier alpha value is -2.21. The predicted molar refractivity (Wildman–Crippen MR) is 107 cm³/mol. The molecule has 3 N–H and O–H groups in total. The lowest BCUT2D eigenvalue weighted by molar-refractivity contribution is -1.01. The quantitative estimate of drug-likeness (QED) is 0.614. The van der Waals surface area contributed by atoms with Crippen molar-refractivity contribution in [1.29, 1.82) is 0 Å². The Labute approximate surface area is 158 Å². The molecule has 4 nitrogen and oxygen atoms in total. The molecular formula is C21H25N3OS+2. The van der Waals surface area contributed by atoms with E-state index in [1.54, 1.807) is 4.90 Å². The van der Waals surface area contributed by atoms with Crippen LogP contribution in [-0.2, 0) is 11.3 Å². The van der Waals surface area contributed by atoms with Crippen LogP contribution < -0.4 is 15.1 Å². The lowest BCUT2D eigenvalue weighted by Crippen LogP contribution is -3.28. The molecular weight excluding hydrogens is 342 g/mol. The molecule has 0 atom stereocenters. The van der Waals surface area contributed by atoms with Gasteiger partial charge in [-0.1, -0.05) is 42.5 Å². The predicted octanol–water partition coefficient (Wildman–Crippen LogP) is 0.823. The van der Waals surface area contributed by atoms with Crippen molar-refractivity contribution in [2.45, 2.75) is 6.54 Å². The molecule has 2 heterocycles. The minimum Gasteiger partial charge on any atom is -0.321 e. The van der Waals surface area contributed by atoms with Gasteiger partial charge in [0.1, 0.15) is 32.7 Å². The molecule has 0 spiro atoms. The number of thiophene rings is 1. The van der Waals surface area contributed by atoms with E-state index in [4.69, 9.17) is 0 Å². The standard InChI is InChI=1S/C21H23N3OS/c25-21(22-20-9-3-6-17-5-1-2-8-19(17)20)16-24-12-10-23(11-13-24)15-18-7-4-14-26-18/h1-9,14H,10-13,15-16H2,(H,22,25)/p+2. The van der Waals surface area contributed by atoms with E-state index in [2.05, 4.69) is 41.0 Å². The highest BCUT2D eigenvalue weighted by Gasteiger charge is 2.25. The number of anilines is 1. The zero-order valence-corrected chi connectivity index (χ0v) is 15.6. The highest BCUT2D eigenvalue weighted by atomic mass is 32.1. The van der Waals surface area contributed by atoms with E-state index in [0.717, 1.165) is 49.2 Å². The third kappa shape index (κ3) is 4.12. The first-order valence-electron chi connectivity index (χ1n) is 9.25. The van der Waals surface area contributed by atoms with Gasteiger partial charge in [0.05, 0.1) is 4.88 Å². The molecule has 1 amide bonds. The summed E-state index contributed by atoms with van der Waals surface area (Å²) >= 11 is 1.84. The van der Waals surface area contributed by atoms with Crippen LogP contribution in [0.5, 0.6) is 0 Å². The van der Waals surface area contributed by atoms with Gasteiger partial charge in [0.15, 0.2) is 6.54 Å². The molecule has 1 aliphatic rings. The summed E-state index contributed by atoms with van der Waals surface area (Å²) in [5.74, 6) is 0.109. The fourth-order valence-electron chi connectivity index (χ4n) is 3.73. The first-order chi connectivity index (χ1) is 12.8. The van der Waals surface area contributed by atoms with Gasteiger partial charge < -0.3 is 15.1 Å². The van der Waals surface area contributed by atoms with Crippen molar-refractivity contribution in [2.75, 3.05) is 38.0 Å². The maximum atomic E-state index is 12.5. The second-order valence-corrected chi connectivity index (χ2v) is 8.04. The fourth-order valence-corrected chi connectivity index (χ4v) is 4.50. The minimum atomic E-state index is 0.109. The number of benzene rings is 2. The van der Waals surface area contributed by atoms with Crippen molar-refractivity contribution in [3.63, 3.8) is 0 Å². The van der Waals surface area contributed by atoms with Crippen LogP contribution in [0.3, 0.4) is 0 Å². The molecule has 4 rings (SSSR count). The normalized spacial score (nSPS) is 20.2. The van der Waals surface area contributed by atoms with Gasteiger partial charge in [0.25, 0.3) is 5.91 Å². The van der Waals surface area contributed by atoms with Crippen molar-refractivity contribution in [1.82, 2.24) is 0 Å². The summed E-state index contributed by atoms with van der Waals surface area (Å²) in [5, 5.41) is 7.52. The fraction of sp³-hybridized carbons (Fsp3) is 0.286. The first kappa shape index (κ1) is 17.2. The van der Waals surface area contributed by atoms with E-state index >= 15 is 0 Å². The highest BCUT2D eigenvalue weighted by Crippen LogP contribution is 2.22. The lowest BCUT2D eigenvalue weighted by Gasteiger charge is -2.29. The molecule has 0 saturated carbocycles. The van der Waals surface area contributed by atoms with Crippen LogP contribution >= 0.6 is 11.3 Å². The summed E-state index contributed by atoms with van der Waals surface area (Å²) in [6, 6.07) is 18.6. The number of carbonyl (C=O) groups is 1. The summed E-state index contributed by atoms with van der Waals surface area (Å²) in [5.41, 5.74) is 0.912. The number of piperazine rings is 1. The monoisotopic (exact) mass is 367 g/mol. The number of hydrogen-bond donors (Lipinski definition) is 3. The van der Waals surface area contributed by atoms with Gasteiger partial charge >= 0.3 is 0 Å². The maximum absolute atomic E-state index is 12.5. The summed E-state index contributed by atoms with van der Waals surface area (Å²) in [6.07, 6.45) is 0. The van der Waals surface area contributed by atoms with Gasteiger partial charge in [0.2, 0.25) is 0 Å². The molecule has 1 fully saturated rings. The minimum absolute atomic E-state index is 0.109. The number of fused-ring (bicyclic) bond motifs is 1. The van der Waals surface area contributed by atoms with Crippen molar-refractivity contribution < 1.29 is 14.6 Å². The molecule has 0 radical (unpaired) electrons. The van der Waals surface area contributed by atoms with Crippen LogP contribution in [0.2, 0.25) is 0 Å². The number of nitrogens with one attached hydrogen (secondary N) is 3. The van der Waals surface area contributed by atoms with E-state index in [-0.39, 0.29) is 5.91 Å². The Morgan fingerprint density at radius 1 is 0.923 bits per heavy atom. The largest absolute Gasteiger partial charge is 0.321 e. The Morgan fingerprint density at radius 3 is 2.50 bits per heavy atom. The smallest absolute Gasteiger partial charge is 0.279 e. The van der Waals surface area contributed by atoms with Crippen LogP contribution in [-0.4, -0.2) is 38.6 Å². The number of amides is 1. The molecule has 1 aliphatic heterocycles. The van der Waals surface area contributed by atoms with Gasteiger partial charge in [-0.05, 0) is 22.9 Å². The molecule has 3 aromatic rings. The van der Waals surface area contributed by atoms with E-state index in [1.807, 2.05) is 35.6 Å². The van der Waals surface area contributed by atoms with E-state index in [1.165, 1.54) is 9.78 Å². The maximum Gasteiger partial charge on any atom is 0.279 e. The zero-order chi connectivity index (χ0) is 17.8. The van der Waals surface area contributed by atoms with Crippen molar-refractivity contribution in [3.05, 3.63) is 64.9 Å². The van der Waals surface area contributed by atoms with Crippen molar-refractivity contribution >= 4 is 33.7 Å². The molecule has 26 heavy (non-hydrogen) atoms. The van der Waals surface area contributed by atoms with Gasteiger partial charge in [-0.2, -0.15) is 0 Å². The zero-order valence-electron chi connectivity index (χ0n) is 14.8. The van der Waals surface area contributed by atoms with Crippen LogP contribution in [0.15, 0.2) is 60.0 Å². The van der Waals surface area contributed by atoms with Gasteiger partial charge in [-0.15, -0.1) is 11.3 Å². The van der Waals surface area contributed by atoms with Crippen LogP contribution in [0.1, 0.15) is 4.88 Å². The van der Waals surface area contributed by atoms with E-state index in [0.29, 0.717) is 6.54 Å². The molecule has 134 valence electrons. The Balaban J connectivity index is 1.30. The molecule has 0 aliphatic carbocycles. The Bertz CT molecular complexity index is 865. The lowest BCUT2D eigenvalue weighted by atomic mass is 10.1. The van der Waals surface area contributed by atoms with E-state index < -0.39 is 0 Å². The van der Waals surface area contributed by atoms with Crippen LogP contribution in [0.25, 0.3) is 10.8 Å². The van der Waals surface area contributed by atoms with Gasteiger partial charge in [-0.3, -0.25) is 4.79 Å². The summed E-state index contributed by atoms with van der Waals surface area (Å²) < 4.78 is 0. The number of rotatable bonds is 5. The van der Waals surface area contributed by atoms with Crippen LogP contribution in [0.4, 0.5) is 5.69 Å². The second kappa shape index (κ2) is 7.99. The van der Waals surface area contributed by atoms with E-state index in [9.17, 15) is 4.79 Å². The topological polar surface area (TPSA) is 38.0 Å². The average Bonchev–Trinajstić information content (AvgIpc) is 3.17. The number of hydrogen-bond acceptors (Lipinski definition) is 2. The number of quaternary nitrogens is 2.